The predicted molar refractivity (Wildman–Crippen MR) is 92.0 cm³/mol. The number of nitrogens with zero attached hydrogens (tertiary/aromatic N) is 4. The highest BCUT2D eigenvalue weighted by atomic mass is 19.3. The third-order valence-corrected chi connectivity index (χ3v) is 4.91. The van der Waals surface area contributed by atoms with E-state index in [-0.39, 0.29) is 18.6 Å². The standard InChI is InChI=1S/C17H25F2N5O/c18-16(19)13-22-7-3-14(4-8-22)21-17(25)24-11-9-23(10-12-24)15-1-5-20-6-2-15/h1-2,5-6,14,16H,3-4,7-13H2,(H,21,25). The second-order valence-electron chi connectivity index (χ2n) is 6.59. The van der Waals surface area contributed by atoms with Crippen molar-refractivity contribution in [1.82, 2.24) is 20.1 Å². The van der Waals surface area contributed by atoms with Crippen LogP contribution in [0.5, 0.6) is 0 Å². The molecule has 1 aromatic heterocycles. The van der Waals surface area contributed by atoms with Crippen LogP contribution in [0.25, 0.3) is 0 Å². The molecule has 3 rings (SSSR count). The van der Waals surface area contributed by atoms with Crippen LogP contribution in [-0.2, 0) is 0 Å². The Morgan fingerprint density at radius 2 is 1.76 bits per heavy atom. The largest absolute Gasteiger partial charge is 0.368 e. The van der Waals surface area contributed by atoms with E-state index in [4.69, 9.17) is 0 Å². The van der Waals surface area contributed by atoms with Crippen LogP contribution < -0.4 is 10.2 Å². The Hall–Kier alpha value is -1.96. The van der Waals surface area contributed by atoms with Gasteiger partial charge in [0.05, 0.1) is 6.54 Å². The lowest BCUT2D eigenvalue weighted by molar-refractivity contribution is 0.0730. The number of nitrogens with one attached hydrogen (secondary N) is 1. The van der Waals surface area contributed by atoms with Crippen molar-refractivity contribution >= 4 is 11.7 Å². The maximum absolute atomic E-state index is 12.4. The van der Waals surface area contributed by atoms with Gasteiger partial charge < -0.3 is 15.1 Å². The number of halogens is 2. The number of likely N-dealkylation sites (tertiary alicyclic amines) is 1. The Labute approximate surface area is 146 Å². The smallest absolute Gasteiger partial charge is 0.317 e. The van der Waals surface area contributed by atoms with Crippen molar-refractivity contribution in [3.05, 3.63) is 24.5 Å². The minimum absolute atomic E-state index is 0.0401. The second kappa shape index (κ2) is 8.42. The number of anilines is 1. The number of rotatable bonds is 4. The molecule has 0 spiro atoms. The lowest BCUT2D eigenvalue weighted by Crippen LogP contribution is -2.55. The van der Waals surface area contributed by atoms with E-state index < -0.39 is 6.43 Å². The van der Waals surface area contributed by atoms with Gasteiger partial charge in [-0.2, -0.15) is 0 Å². The Morgan fingerprint density at radius 3 is 2.36 bits per heavy atom. The van der Waals surface area contributed by atoms with Gasteiger partial charge in [-0.05, 0) is 25.0 Å². The zero-order chi connectivity index (χ0) is 17.6. The molecule has 6 nitrogen and oxygen atoms in total. The first kappa shape index (κ1) is 17.8. The van der Waals surface area contributed by atoms with Gasteiger partial charge in [0.1, 0.15) is 0 Å². The number of piperidine rings is 1. The molecule has 2 amide bonds. The average Bonchev–Trinajstić information content (AvgIpc) is 2.64. The number of alkyl halides is 2. The van der Waals surface area contributed by atoms with Gasteiger partial charge in [0.25, 0.3) is 6.43 Å². The van der Waals surface area contributed by atoms with Crippen molar-refractivity contribution < 1.29 is 13.6 Å². The summed E-state index contributed by atoms with van der Waals surface area (Å²) in [5.41, 5.74) is 1.13. The van der Waals surface area contributed by atoms with Crippen LogP contribution in [0.4, 0.5) is 19.3 Å². The molecule has 2 fully saturated rings. The van der Waals surface area contributed by atoms with Crippen LogP contribution in [0.2, 0.25) is 0 Å². The third-order valence-electron chi connectivity index (χ3n) is 4.91. The number of hydrogen-bond donors (Lipinski definition) is 1. The highest BCUT2D eigenvalue weighted by molar-refractivity contribution is 5.75. The summed E-state index contributed by atoms with van der Waals surface area (Å²) in [5, 5.41) is 3.06. The zero-order valence-electron chi connectivity index (χ0n) is 14.3. The van der Waals surface area contributed by atoms with E-state index in [1.165, 1.54) is 0 Å². The first-order valence-corrected chi connectivity index (χ1v) is 8.83. The fourth-order valence-electron chi connectivity index (χ4n) is 3.44. The molecule has 0 unspecified atom stereocenters. The van der Waals surface area contributed by atoms with Crippen LogP contribution >= 0.6 is 0 Å². The lowest BCUT2D eigenvalue weighted by atomic mass is 10.1. The highest BCUT2D eigenvalue weighted by Gasteiger charge is 2.26. The van der Waals surface area contributed by atoms with Gasteiger partial charge in [0, 0.05) is 63.4 Å². The molecule has 0 atom stereocenters. The molecule has 0 aromatic carbocycles. The monoisotopic (exact) mass is 353 g/mol. The zero-order valence-corrected chi connectivity index (χ0v) is 14.3. The van der Waals surface area contributed by atoms with E-state index in [0.717, 1.165) is 31.6 Å². The van der Waals surface area contributed by atoms with E-state index >= 15 is 0 Å². The van der Waals surface area contributed by atoms with Gasteiger partial charge in [-0.1, -0.05) is 0 Å². The Kier molecular flexibility index (Phi) is 6.01. The topological polar surface area (TPSA) is 51.7 Å². The molecule has 25 heavy (non-hydrogen) atoms. The van der Waals surface area contributed by atoms with Crippen LogP contribution in [0.1, 0.15) is 12.8 Å². The van der Waals surface area contributed by atoms with Gasteiger partial charge in [-0.3, -0.25) is 9.88 Å². The van der Waals surface area contributed by atoms with E-state index in [0.29, 0.717) is 26.2 Å². The van der Waals surface area contributed by atoms with Crippen LogP contribution in [0.3, 0.4) is 0 Å². The Balaban J connectivity index is 1.40. The van der Waals surface area contributed by atoms with Crippen molar-refractivity contribution in [2.75, 3.05) is 50.7 Å². The van der Waals surface area contributed by atoms with Crippen LogP contribution in [-0.4, -0.2) is 79.1 Å². The van der Waals surface area contributed by atoms with E-state index in [9.17, 15) is 13.6 Å². The van der Waals surface area contributed by atoms with Gasteiger partial charge in [-0.15, -0.1) is 0 Å². The fourth-order valence-corrected chi connectivity index (χ4v) is 3.44. The maximum atomic E-state index is 12.4. The van der Waals surface area contributed by atoms with Crippen LogP contribution in [0.15, 0.2) is 24.5 Å². The van der Waals surface area contributed by atoms with Gasteiger partial charge in [0.15, 0.2) is 0 Å². The summed E-state index contributed by atoms with van der Waals surface area (Å²) in [6.45, 7) is 4.01. The minimum Gasteiger partial charge on any atom is -0.368 e. The SMILES string of the molecule is O=C(NC1CCN(CC(F)F)CC1)N1CCN(c2ccncc2)CC1. The number of hydrogen-bond acceptors (Lipinski definition) is 4. The van der Waals surface area contributed by atoms with Crippen molar-refractivity contribution in [1.29, 1.82) is 0 Å². The number of pyridine rings is 1. The molecule has 0 radical (unpaired) electrons. The quantitative estimate of drug-likeness (QED) is 0.894. The van der Waals surface area contributed by atoms with E-state index in [1.807, 2.05) is 17.0 Å². The Morgan fingerprint density at radius 1 is 1.12 bits per heavy atom. The number of urea groups is 1. The van der Waals surface area contributed by atoms with Crippen molar-refractivity contribution in [2.24, 2.45) is 0 Å². The number of piperazine rings is 1. The summed E-state index contributed by atoms with van der Waals surface area (Å²) >= 11 is 0. The normalized spacial score (nSPS) is 20.1. The molecule has 1 N–H and O–H groups in total. The summed E-state index contributed by atoms with van der Waals surface area (Å²) < 4.78 is 24.8. The molecule has 1 aromatic rings. The van der Waals surface area contributed by atoms with Crippen molar-refractivity contribution in [3.8, 4) is 0 Å². The number of amides is 2. The van der Waals surface area contributed by atoms with Crippen molar-refractivity contribution in [3.63, 3.8) is 0 Å². The third kappa shape index (κ3) is 5.01. The summed E-state index contributed by atoms with van der Waals surface area (Å²) in [6, 6.07) is 3.99. The van der Waals surface area contributed by atoms with Crippen LogP contribution in [0, 0.1) is 0 Å². The predicted octanol–water partition coefficient (Wildman–Crippen LogP) is 1.64. The highest BCUT2D eigenvalue weighted by Crippen LogP contribution is 2.16. The maximum Gasteiger partial charge on any atom is 0.317 e. The van der Waals surface area contributed by atoms with Gasteiger partial charge in [-0.25, -0.2) is 13.6 Å². The number of carbonyl (C=O) groups is 1. The number of carbonyl (C=O) groups excluding carboxylic acids is 1. The lowest BCUT2D eigenvalue weighted by Gasteiger charge is -2.38. The van der Waals surface area contributed by atoms with Crippen molar-refractivity contribution in [2.45, 2.75) is 25.3 Å². The molecule has 0 aliphatic carbocycles. The molecule has 3 heterocycles. The molecule has 2 aliphatic heterocycles. The Bertz CT molecular complexity index is 543. The first-order chi connectivity index (χ1) is 12.1. The molecule has 138 valence electrons. The summed E-state index contributed by atoms with van der Waals surface area (Å²) in [6.07, 6.45) is 2.72. The fraction of sp³-hybridized carbons (Fsp3) is 0.647. The molecule has 0 saturated carbocycles. The van der Waals surface area contributed by atoms with E-state index in [1.54, 1.807) is 17.3 Å². The first-order valence-electron chi connectivity index (χ1n) is 8.83. The molecule has 2 saturated heterocycles. The van der Waals surface area contributed by atoms with Gasteiger partial charge >= 0.3 is 6.03 Å². The molecule has 0 bridgehead atoms. The molecular weight excluding hydrogens is 328 g/mol. The van der Waals surface area contributed by atoms with Gasteiger partial charge in [0.2, 0.25) is 0 Å². The molecular formula is C17H25F2N5O. The molecule has 8 heteroatoms. The summed E-state index contributed by atoms with van der Waals surface area (Å²) in [5.74, 6) is 0. The second-order valence-corrected chi connectivity index (χ2v) is 6.59. The summed E-state index contributed by atoms with van der Waals surface area (Å²) in [4.78, 5) is 22.3. The minimum atomic E-state index is -2.29. The summed E-state index contributed by atoms with van der Waals surface area (Å²) in [7, 11) is 0. The van der Waals surface area contributed by atoms with E-state index in [2.05, 4.69) is 15.2 Å². The number of aromatic nitrogens is 1. The molecule has 2 aliphatic rings. The average molecular weight is 353 g/mol.